The summed E-state index contributed by atoms with van der Waals surface area (Å²) in [4.78, 5) is 26.5. The molecule has 3 N–H and O–H groups in total. The predicted molar refractivity (Wildman–Crippen MR) is 82.6 cm³/mol. The highest BCUT2D eigenvalue weighted by molar-refractivity contribution is 5.77. The van der Waals surface area contributed by atoms with Crippen LogP contribution in [0.4, 0.5) is 4.79 Å². The molecule has 0 atom stereocenters. The zero-order valence-electron chi connectivity index (χ0n) is 12.7. The van der Waals surface area contributed by atoms with Gasteiger partial charge in [-0.1, -0.05) is 6.07 Å². The Morgan fingerprint density at radius 1 is 1.32 bits per heavy atom. The zero-order chi connectivity index (χ0) is 16.1. The lowest BCUT2D eigenvalue weighted by atomic mass is 10.2. The average molecular weight is 304 g/mol. The summed E-state index contributed by atoms with van der Waals surface area (Å²) >= 11 is 0. The maximum Gasteiger partial charge on any atom is 0.315 e. The Hall–Kier alpha value is -2.57. The van der Waals surface area contributed by atoms with Gasteiger partial charge in [0.1, 0.15) is 5.82 Å². The second-order valence-electron chi connectivity index (χ2n) is 5.19. The normalized spacial score (nSPS) is 10.6. The van der Waals surface area contributed by atoms with E-state index in [2.05, 4.69) is 15.6 Å². The maximum atomic E-state index is 11.6. The lowest BCUT2D eigenvalue weighted by Gasteiger charge is -2.07. The molecule has 0 aliphatic heterocycles. The van der Waals surface area contributed by atoms with Crippen LogP contribution in [0.1, 0.15) is 24.2 Å². The number of carbonyl (C=O) groups excluding carboxylic acids is 1. The largest absolute Gasteiger partial charge is 0.481 e. The van der Waals surface area contributed by atoms with Gasteiger partial charge in [-0.2, -0.15) is 0 Å². The lowest BCUT2D eigenvalue weighted by molar-refractivity contribution is -0.137. The summed E-state index contributed by atoms with van der Waals surface area (Å²) in [6, 6.07) is 5.71. The fourth-order valence-electron chi connectivity index (χ4n) is 2.18. The summed E-state index contributed by atoms with van der Waals surface area (Å²) < 4.78 is 1.94. The molecule has 2 rings (SSSR count). The maximum absolute atomic E-state index is 11.6. The van der Waals surface area contributed by atoms with Gasteiger partial charge in [-0.15, -0.1) is 0 Å². The van der Waals surface area contributed by atoms with Crippen molar-refractivity contribution in [3.05, 3.63) is 29.6 Å². The molecule has 1 aromatic carbocycles. The van der Waals surface area contributed by atoms with Gasteiger partial charge in [0.2, 0.25) is 0 Å². The Morgan fingerprint density at radius 2 is 2.09 bits per heavy atom. The number of aromatic nitrogens is 2. The summed E-state index contributed by atoms with van der Waals surface area (Å²) in [7, 11) is 1.91. The van der Waals surface area contributed by atoms with Gasteiger partial charge in [-0.05, 0) is 31.0 Å². The van der Waals surface area contributed by atoms with Crippen molar-refractivity contribution in [3.63, 3.8) is 0 Å². The van der Waals surface area contributed by atoms with Crippen LogP contribution in [0.5, 0.6) is 0 Å². The Balaban J connectivity index is 1.87. The van der Waals surface area contributed by atoms with E-state index in [4.69, 9.17) is 5.11 Å². The number of hydrogen-bond acceptors (Lipinski definition) is 3. The minimum Gasteiger partial charge on any atom is -0.481 e. The van der Waals surface area contributed by atoms with Crippen LogP contribution in [0, 0.1) is 6.92 Å². The van der Waals surface area contributed by atoms with E-state index < -0.39 is 5.97 Å². The number of benzene rings is 1. The van der Waals surface area contributed by atoms with Gasteiger partial charge in [0.25, 0.3) is 0 Å². The Morgan fingerprint density at radius 3 is 2.82 bits per heavy atom. The second-order valence-corrected chi connectivity index (χ2v) is 5.19. The number of carboxylic acid groups (broad SMARTS) is 1. The molecule has 1 aromatic heterocycles. The first-order valence-electron chi connectivity index (χ1n) is 7.13. The van der Waals surface area contributed by atoms with Crippen molar-refractivity contribution in [2.75, 3.05) is 6.54 Å². The van der Waals surface area contributed by atoms with Crippen LogP contribution in [0.25, 0.3) is 11.0 Å². The van der Waals surface area contributed by atoms with Crippen LogP contribution in [0.2, 0.25) is 0 Å². The number of aryl methyl sites for hydroxylation is 2. The number of carboxylic acids is 1. The van der Waals surface area contributed by atoms with E-state index in [0.717, 1.165) is 22.4 Å². The number of nitrogens with one attached hydrogen (secondary N) is 2. The van der Waals surface area contributed by atoms with Crippen molar-refractivity contribution < 1.29 is 14.7 Å². The number of amides is 2. The van der Waals surface area contributed by atoms with Gasteiger partial charge in [-0.3, -0.25) is 4.79 Å². The summed E-state index contributed by atoms with van der Waals surface area (Å²) in [5.41, 5.74) is 3.06. The number of urea groups is 1. The predicted octanol–water partition coefficient (Wildman–Crippen LogP) is 1.55. The lowest BCUT2D eigenvalue weighted by Crippen LogP contribution is -2.36. The molecule has 0 bridgehead atoms. The molecule has 0 fully saturated rings. The molecule has 2 amide bonds. The first kappa shape index (κ1) is 15.8. The van der Waals surface area contributed by atoms with Gasteiger partial charge in [0.05, 0.1) is 17.6 Å². The van der Waals surface area contributed by atoms with Crippen LogP contribution in [-0.2, 0) is 18.4 Å². The first-order valence-corrected chi connectivity index (χ1v) is 7.13. The van der Waals surface area contributed by atoms with Gasteiger partial charge in [0, 0.05) is 20.0 Å². The van der Waals surface area contributed by atoms with E-state index in [-0.39, 0.29) is 12.5 Å². The molecule has 0 saturated carbocycles. The smallest absolute Gasteiger partial charge is 0.315 e. The minimum atomic E-state index is -0.864. The van der Waals surface area contributed by atoms with Crippen molar-refractivity contribution in [2.24, 2.45) is 7.05 Å². The molecule has 2 aromatic rings. The number of nitrogens with zero attached hydrogens (tertiary/aromatic N) is 2. The molecular weight excluding hydrogens is 284 g/mol. The monoisotopic (exact) mass is 304 g/mol. The molecule has 1 heterocycles. The van der Waals surface area contributed by atoms with Crippen LogP contribution in [0.15, 0.2) is 18.2 Å². The third kappa shape index (κ3) is 3.97. The van der Waals surface area contributed by atoms with E-state index in [1.165, 1.54) is 0 Å². The zero-order valence-corrected chi connectivity index (χ0v) is 12.7. The quantitative estimate of drug-likeness (QED) is 0.705. The molecule has 0 saturated heterocycles. The topological polar surface area (TPSA) is 96.2 Å². The molecule has 0 radical (unpaired) electrons. The summed E-state index contributed by atoms with van der Waals surface area (Å²) in [5.74, 6) is -0.0986. The van der Waals surface area contributed by atoms with Crippen LogP contribution >= 0.6 is 0 Å². The van der Waals surface area contributed by atoms with E-state index in [9.17, 15) is 9.59 Å². The van der Waals surface area contributed by atoms with E-state index >= 15 is 0 Å². The van der Waals surface area contributed by atoms with Crippen molar-refractivity contribution >= 4 is 23.0 Å². The summed E-state index contributed by atoms with van der Waals surface area (Å²) in [6.45, 7) is 2.66. The highest BCUT2D eigenvalue weighted by Gasteiger charge is 2.09. The van der Waals surface area contributed by atoms with Gasteiger partial charge >= 0.3 is 12.0 Å². The van der Waals surface area contributed by atoms with Crippen molar-refractivity contribution in [1.82, 2.24) is 20.2 Å². The molecular formula is C15H20N4O3. The number of rotatable bonds is 6. The standard InChI is InChI=1S/C15H20N4O3/c1-10-5-6-12-11(8-10)18-13(19(12)2)9-17-15(22)16-7-3-4-14(20)21/h5-6,8H,3-4,7,9H2,1-2H3,(H,20,21)(H2,16,17,22). The third-order valence-electron chi connectivity index (χ3n) is 3.39. The number of imidazole rings is 1. The molecule has 0 aliphatic carbocycles. The Labute approximate surface area is 128 Å². The van der Waals surface area contributed by atoms with E-state index in [1.807, 2.05) is 36.7 Å². The number of carbonyl (C=O) groups is 2. The molecule has 22 heavy (non-hydrogen) atoms. The Kier molecular flexibility index (Phi) is 4.98. The van der Waals surface area contributed by atoms with Crippen molar-refractivity contribution in [3.8, 4) is 0 Å². The molecule has 118 valence electrons. The molecule has 7 nitrogen and oxygen atoms in total. The van der Waals surface area contributed by atoms with Gasteiger partial charge in [-0.25, -0.2) is 9.78 Å². The minimum absolute atomic E-state index is 0.0460. The fraction of sp³-hybridized carbons (Fsp3) is 0.400. The number of fused-ring (bicyclic) bond motifs is 1. The van der Waals surface area contributed by atoms with Crippen LogP contribution in [-0.4, -0.2) is 33.2 Å². The van der Waals surface area contributed by atoms with Crippen LogP contribution in [0.3, 0.4) is 0 Å². The number of hydrogen-bond donors (Lipinski definition) is 3. The molecule has 0 unspecified atom stereocenters. The molecule has 7 heteroatoms. The SMILES string of the molecule is Cc1ccc2c(c1)nc(CNC(=O)NCCCC(=O)O)n2C. The van der Waals surface area contributed by atoms with Crippen LogP contribution < -0.4 is 10.6 Å². The fourth-order valence-corrected chi connectivity index (χ4v) is 2.18. The Bertz CT molecular complexity index is 693. The molecule has 0 aliphatic rings. The highest BCUT2D eigenvalue weighted by atomic mass is 16.4. The van der Waals surface area contributed by atoms with E-state index in [1.54, 1.807) is 0 Å². The van der Waals surface area contributed by atoms with Crippen molar-refractivity contribution in [1.29, 1.82) is 0 Å². The van der Waals surface area contributed by atoms with Crippen molar-refractivity contribution in [2.45, 2.75) is 26.3 Å². The number of aliphatic carboxylic acids is 1. The van der Waals surface area contributed by atoms with E-state index in [0.29, 0.717) is 19.5 Å². The van der Waals surface area contributed by atoms with Gasteiger partial charge < -0.3 is 20.3 Å². The second kappa shape index (κ2) is 6.93. The van der Waals surface area contributed by atoms with Gasteiger partial charge in [0.15, 0.2) is 0 Å². The first-order chi connectivity index (χ1) is 10.5. The summed E-state index contributed by atoms with van der Waals surface area (Å²) in [6.07, 6.45) is 0.457. The average Bonchev–Trinajstić information content (AvgIpc) is 2.77. The third-order valence-corrected chi connectivity index (χ3v) is 3.39. The summed E-state index contributed by atoms with van der Waals surface area (Å²) in [5, 5.41) is 13.9. The molecule has 0 spiro atoms. The highest BCUT2D eigenvalue weighted by Crippen LogP contribution is 2.16.